The monoisotopic (exact) mass is 364 g/mol. The summed E-state index contributed by atoms with van der Waals surface area (Å²) in [7, 11) is 0. The van der Waals surface area contributed by atoms with Crippen LogP contribution in [0.4, 0.5) is 5.69 Å². The first-order valence-corrected chi connectivity index (χ1v) is 9.70. The van der Waals surface area contributed by atoms with E-state index in [1.807, 2.05) is 60.7 Å². The van der Waals surface area contributed by atoms with Gasteiger partial charge in [0.15, 0.2) is 0 Å². The summed E-state index contributed by atoms with van der Waals surface area (Å²) in [6.07, 6.45) is 4.29. The van der Waals surface area contributed by atoms with Gasteiger partial charge in [-0.2, -0.15) is 0 Å². The lowest BCUT2D eigenvalue weighted by Crippen LogP contribution is -2.51. The third kappa shape index (κ3) is 4.57. The molecule has 142 valence electrons. The minimum atomic E-state index is -1.13. The van der Waals surface area contributed by atoms with Crippen molar-refractivity contribution in [2.75, 3.05) is 4.90 Å². The van der Waals surface area contributed by atoms with Crippen LogP contribution in [0.3, 0.4) is 0 Å². The highest BCUT2D eigenvalue weighted by molar-refractivity contribution is 6.11. The van der Waals surface area contributed by atoms with Crippen molar-refractivity contribution < 1.29 is 9.59 Å². The van der Waals surface area contributed by atoms with E-state index in [0.717, 1.165) is 36.9 Å². The summed E-state index contributed by atoms with van der Waals surface area (Å²) >= 11 is 0. The van der Waals surface area contributed by atoms with Crippen molar-refractivity contribution >= 4 is 17.5 Å². The van der Waals surface area contributed by atoms with Crippen molar-refractivity contribution in [3.05, 3.63) is 66.2 Å². The molecule has 4 heteroatoms. The molecule has 0 saturated heterocycles. The zero-order valence-corrected chi connectivity index (χ0v) is 16.2. The predicted octanol–water partition coefficient (Wildman–Crippen LogP) is 4.30. The summed E-state index contributed by atoms with van der Waals surface area (Å²) in [5.74, 6) is -0.374. The molecule has 1 fully saturated rings. The van der Waals surface area contributed by atoms with Gasteiger partial charge in [0.25, 0.3) is 0 Å². The van der Waals surface area contributed by atoms with E-state index in [-0.39, 0.29) is 17.9 Å². The number of amides is 2. The van der Waals surface area contributed by atoms with Crippen molar-refractivity contribution in [1.29, 1.82) is 0 Å². The van der Waals surface area contributed by atoms with Gasteiger partial charge in [0, 0.05) is 11.7 Å². The number of carbonyl (C=O) groups is 2. The lowest BCUT2D eigenvalue weighted by atomic mass is 9.89. The maximum absolute atomic E-state index is 13.5. The number of carbonyl (C=O) groups excluding carboxylic acids is 2. The van der Waals surface area contributed by atoms with Crippen molar-refractivity contribution in [2.45, 2.75) is 52.1 Å². The summed E-state index contributed by atoms with van der Waals surface area (Å²) in [5.41, 5.74) is 0.697. The average molecular weight is 364 g/mol. The number of hydrogen-bond donors (Lipinski definition) is 1. The number of nitrogens with one attached hydrogen (secondary N) is 1. The highest BCUT2D eigenvalue weighted by Crippen LogP contribution is 2.27. The lowest BCUT2D eigenvalue weighted by molar-refractivity contribution is -0.140. The Kier molecular flexibility index (Phi) is 5.94. The van der Waals surface area contributed by atoms with E-state index >= 15 is 0 Å². The Morgan fingerprint density at radius 1 is 0.963 bits per heavy atom. The summed E-state index contributed by atoms with van der Waals surface area (Å²) in [5, 5.41) is 3.08. The zero-order chi connectivity index (χ0) is 19.3. The molecule has 1 saturated carbocycles. The fourth-order valence-electron chi connectivity index (χ4n) is 3.52. The van der Waals surface area contributed by atoms with Gasteiger partial charge in [0.2, 0.25) is 11.8 Å². The molecule has 0 bridgehead atoms. The first-order chi connectivity index (χ1) is 13.0. The van der Waals surface area contributed by atoms with Crippen molar-refractivity contribution in [2.24, 2.45) is 5.41 Å². The molecule has 2 amide bonds. The van der Waals surface area contributed by atoms with E-state index in [4.69, 9.17) is 0 Å². The molecule has 0 unspecified atom stereocenters. The number of anilines is 1. The van der Waals surface area contributed by atoms with Crippen LogP contribution in [0, 0.1) is 5.41 Å². The Labute approximate surface area is 161 Å². The Balaban J connectivity index is 1.83. The average Bonchev–Trinajstić information content (AvgIpc) is 3.20. The number of para-hydroxylation sites is 1. The van der Waals surface area contributed by atoms with E-state index in [0.29, 0.717) is 6.54 Å². The molecule has 2 aromatic carbocycles. The van der Waals surface area contributed by atoms with Crippen LogP contribution in [-0.2, 0) is 16.1 Å². The van der Waals surface area contributed by atoms with E-state index < -0.39 is 5.41 Å². The van der Waals surface area contributed by atoms with Crippen LogP contribution in [0.1, 0.15) is 45.1 Å². The lowest BCUT2D eigenvalue weighted by Gasteiger charge is -2.32. The van der Waals surface area contributed by atoms with Gasteiger partial charge in [0.05, 0.1) is 6.54 Å². The second kappa shape index (κ2) is 8.38. The van der Waals surface area contributed by atoms with Gasteiger partial charge >= 0.3 is 0 Å². The van der Waals surface area contributed by atoms with Crippen LogP contribution in [0.25, 0.3) is 0 Å². The summed E-state index contributed by atoms with van der Waals surface area (Å²) in [6.45, 7) is 3.88. The number of hydrogen-bond acceptors (Lipinski definition) is 2. The standard InChI is InChI=1S/C23H28N2O2/c1-23(2,21(26)24-19-13-9-10-14-19)22(27)25(20-15-7-4-8-16-20)17-18-11-5-3-6-12-18/h3-8,11-12,15-16,19H,9-10,13-14,17H2,1-2H3,(H,24,26). The zero-order valence-electron chi connectivity index (χ0n) is 16.2. The first-order valence-electron chi connectivity index (χ1n) is 9.70. The first kappa shape index (κ1) is 19.2. The molecule has 1 aliphatic carbocycles. The number of nitrogens with zero attached hydrogens (tertiary/aromatic N) is 1. The van der Waals surface area contributed by atoms with Crippen LogP contribution >= 0.6 is 0 Å². The maximum atomic E-state index is 13.5. The SMILES string of the molecule is CC(C)(C(=O)NC1CCCC1)C(=O)N(Cc1ccccc1)c1ccccc1. The molecule has 1 aliphatic rings. The Hall–Kier alpha value is -2.62. The maximum Gasteiger partial charge on any atom is 0.242 e. The fourth-order valence-corrected chi connectivity index (χ4v) is 3.52. The Morgan fingerprint density at radius 3 is 2.11 bits per heavy atom. The largest absolute Gasteiger partial charge is 0.352 e. The second-order valence-corrected chi connectivity index (χ2v) is 7.79. The van der Waals surface area contributed by atoms with Crippen LogP contribution in [0.2, 0.25) is 0 Å². The van der Waals surface area contributed by atoms with E-state index in [1.165, 1.54) is 0 Å². The molecule has 4 nitrogen and oxygen atoms in total. The van der Waals surface area contributed by atoms with Crippen LogP contribution in [-0.4, -0.2) is 17.9 Å². The van der Waals surface area contributed by atoms with E-state index in [9.17, 15) is 9.59 Å². The minimum Gasteiger partial charge on any atom is -0.352 e. The number of rotatable bonds is 6. The summed E-state index contributed by atoms with van der Waals surface area (Å²) < 4.78 is 0. The molecule has 0 aliphatic heterocycles. The van der Waals surface area contributed by atoms with Crippen molar-refractivity contribution in [3.8, 4) is 0 Å². The van der Waals surface area contributed by atoms with Crippen LogP contribution in [0.15, 0.2) is 60.7 Å². The quantitative estimate of drug-likeness (QED) is 0.777. The summed E-state index contributed by atoms with van der Waals surface area (Å²) in [4.78, 5) is 28.1. The highest BCUT2D eigenvalue weighted by Gasteiger charge is 2.40. The molecular formula is C23H28N2O2. The molecule has 27 heavy (non-hydrogen) atoms. The van der Waals surface area contributed by atoms with E-state index in [1.54, 1.807) is 18.7 Å². The topological polar surface area (TPSA) is 49.4 Å². The third-order valence-corrected chi connectivity index (χ3v) is 5.29. The smallest absolute Gasteiger partial charge is 0.242 e. The molecule has 1 N–H and O–H groups in total. The van der Waals surface area contributed by atoms with Gasteiger partial charge in [-0.1, -0.05) is 61.4 Å². The minimum absolute atomic E-state index is 0.187. The van der Waals surface area contributed by atoms with Crippen LogP contribution < -0.4 is 10.2 Å². The molecule has 0 radical (unpaired) electrons. The molecular weight excluding hydrogens is 336 g/mol. The predicted molar refractivity (Wildman–Crippen MR) is 108 cm³/mol. The second-order valence-electron chi connectivity index (χ2n) is 7.79. The van der Waals surface area contributed by atoms with Gasteiger partial charge in [0.1, 0.15) is 5.41 Å². The van der Waals surface area contributed by atoms with Gasteiger partial charge < -0.3 is 10.2 Å². The summed E-state index contributed by atoms with van der Waals surface area (Å²) in [6, 6.07) is 19.6. The Bertz CT molecular complexity index is 765. The highest BCUT2D eigenvalue weighted by atomic mass is 16.2. The molecule has 0 atom stereocenters. The molecule has 3 rings (SSSR count). The van der Waals surface area contributed by atoms with E-state index in [2.05, 4.69) is 5.32 Å². The molecule has 2 aromatic rings. The van der Waals surface area contributed by atoms with Gasteiger partial charge in [-0.3, -0.25) is 9.59 Å². The van der Waals surface area contributed by atoms with Crippen molar-refractivity contribution in [1.82, 2.24) is 5.32 Å². The molecule has 0 spiro atoms. The Morgan fingerprint density at radius 2 is 1.52 bits per heavy atom. The molecule has 0 aromatic heterocycles. The molecule has 0 heterocycles. The normalized spacial score (nSPS) is 14.7. The van der Waals surface area contributed by atoms with Gasteiger partial charge in [-0.15, -0.1) is 0 Å². The third-order valence-electron chi connectivity index (χ3n) is 5.29. The fraction of sp³-hybridized carbons (Fsp3) is 0.391. The van der Waals surface area contributed by atoms with Crippen LogP contribution in [0.5, 0.6) is 0 Å². The van der Waals surface area contributed by atoms with Gasteiger partial charge in [-0.25, -0.2) is 0 Å². The number of benzene rings is 2. The van der Waals surface area contributed by atoms with Crippen molar-refractivity contribution in [3.63, 3.8) is 0 Å². The van der Waals surface area contributed by atoms with Gasteiger partial charge in [-0.05, 0) is 44.4 Å².